The van der Waals surface area contributed by atoms with Crippen LogP contribution < -0.4 is 9.88 Å². The van der Waals surface area contributed by atoms with Gasteiger partial charge >= 0.3 is 5.97 Å². The normalized spacial score (nSPS) is 11.6. The largest absolute Gasteiger partial charge is 0.422 e. The molecule has 0 aliphatic carbocycles. The topological polar surface area (TPSA) is 86.5 Å². The fraction of sp³-hybridized carbons (Fsp3) is 0.100. The molecule has 0 unspecified atom stereocenters. The number of benzene rings is 1. The van der Waals surface area contributed by atoms with E-state index < -0.39 is 16.0 Å². The molecule has 16 heavy (non-hydrogen) atoms. The molecule has 1 aromatic rings. The summed E-state index contributed by atoms with van der Waals surface area (Å²) in [6.07, 6.45) is 2.67. The van der Waals surface area contributed by atoms with E-state index in [-0.39, 0.29) is 10.6 Å². The molecule has 0 heterocycles. The van der Waals surface area contributed by atoms with Gasteiger partial charge in [0.1, 0.15) is 4.90 Å². The van der Waals surface area contributed by atoms with Crippen LogP contribution in [0.25, 0.3) is 0 Å². The second kappa shape index (κ2) is 4.91. The number of allylic oxidation sites excluding steroid dienone is 1. The van der Waals surface area contributed by atoms with Crippen LogP contribution >= 0.6 is 0 Å². The van der Waals surface area contributed by atoms with Crippen molar-refractivity contribution in [1.29, 1.82) is 0 Å². The summed E-state index contributed by atoms with van der Waals surface area (Å²) in [5.41, 5.74) is 0. The average molecular weight is 241 g/mol. The summed E-state index contributed by atoms with van der Waals surface area (Å²) < 4.78 is 27.2. The van der Waals surface area contributed by atoms with E-state index in [4.69, 9.17) is 9.88 Å². The van der Waals surface area contributed by atoms with Gasteiger partial charge in [-0.05, 0) is 19.1 Å². The zero-order valence-electron chi connectivity index (χ0n) is 8.58. The van der Waals surface area contributed by atoms with E-state index >= 15 is 0 Å². The van der Waals surface area contributed by atoms with Gasteiger partial charge in [0, 0.05) is 6.08 Å². The molecule has 0 bridgehead atoms. The number of hydrogen-bond donors (Lipinski definition) is 1. The first-order valence-corrected chi connectivity index (χ1v) is 5.96. The number of ether oxygens (including phenoxy) is 1. The third kappa shape index (κ3) is 3.18. The standard InChI is InChI=1S/C10H11NO4S/c1-2-5-10(12)15-8-6-3-4-7-9(8)16(11,13)14/h2-7H,1H3,(H2,11,13,14)/b5-2+. The Morgan fingerprint density at radius 3 is 2.56 bits per heavy atom. The average Bonchev–Trinajstić information content (AvgIpc) is 2.17. The molecule has 6 heteroatoms. The number of carbonyl (C=O) groups is 1. The lowest BCUT2D eigenvalue weighted by Crippen LogP contribution is -2.15. The van der Waals surface area contributed by atoms with Crippen LogP contribution in [0.15, 0.2) is 41.3 Å². The smallest absolute Gasteiger partial charge is 0.335 e. The van der Waals surface area contributed by atoms with Gasteiger partial charge in [-0.25, -0.2) is 18.4 Å². The van der Waals surface area contributed by atoms with Gasteiger partial charge in [-0.1, -0.05) is 18.2 Å². The second-order valence-corrected chi connectivity index (χ2v) is 4.44. The predicted molar refractivity (Wildman–Crippen MR) is 58.3 cm³/mol. The molecule has 0 amide bonds. The van der Waals surface area contributed by atoms with Gasteiger partial charge in [0.15, 0.2) is 5.75 Å². The molecule has 0 radical (unpaired) electrons. The number of hydrogen-bond acceptors (Lipinski definition) is 4. The van der Waals surface area contributed by atoms with Gasteiger partial charge in [-0.2, -0.15) is 0 Å². The highest BCUT2D eigenvalue weighted by Gasteiger charge is 2.15. The van der Waals surface area contributed by atoms with Crippen molar-refractivity contribution in [3.63, 3.8) is 0 Å². The highest BCUT2D eigenvalue weighted by molar-refractivity contribution is 7.89. The summed E-state index contributed by atoms with van der Waals surface area (Å²) in [7, 11) is -3.90. The van der Waals surface area contributed by atoms with Crippen LogP contribution in [0.1, 0.15) is 6.92 Å². The van der Waals surface area contributed by atoms with E-state index in [1.54, 1.807) is 13.0 Å². The summed E-state index contributed by atoms with van der Waals surface area (Å²) in [6.45, 7) is 1.65. The van der Waals surface area contributed by atoms with E-state index in [2.05, 4.69) is 0 Å². The third-order valence-corrected chi connectivity index (χ3v) is 2.62. The number of nitrogens with two attached hydrogens (primary N) is 1. The van der Waals surface area contributed by atoms with Crippen molar-refractivity contribution in [3.8, 4) is 5.75 Å². The van der Waals surface area contributed by atoms with Crippen LogP contribution in [0, 0.1) is 0 Å². The lowest BCUT2D eigenvalue weighted by atomic mass is 10.3. The molecule has 0 spiro atoms. The Morgan fingerprint density at radius 2 is 2.00 bits per heavy atom. The van der Waals surface area contributed by atoms with E-state index in [1.165, 1.54) is 30.4 Å². The lowest BCUT2D eigenvalue weighted by Gasteiger charge is -2.06. The molecule has 0 saturated heterocycles. The number of rotatable bonds is 3. The van der Waals surface area contributed by atoms with Crippen molar-refractivity contribution in [2.75, 3.05) is 0 Å². The Balaban J connectivity index is 3.10. The Labute approximate surface area is 93.6 Å². The van der Waals surface area contributed by atoms with Gasteiger partial charge in [-0.15, -0.1) is 0 Å². The second-order valence-electron chi connectivity index (χ2n) is 2.91. The zero-order valence-corrected chi connectivity index (χ0v) is 9.40. The van der Waals surface area contributed by atoms with Crippen LogP contribution in [0.3, 0.4) is 0 Å². The zero-order chi connectivity index (χ0) is 12.2. The van der Waals surface area contributed by atoms with E-state index in [0.717, 1.165) is 0 Å². The first-order valence-electron chi connectivity index (χ1n) is 4.41. The molecule has 0 aromatic heterocycles. The molecule has 1 aromatic carbocycles. The number of carbonyl (C=O) groups excluding carboxylic acids is 1. The van der Waals surface area contributed by atoms with E-state index in [0.29, 0.717) is 0 Å². The van der Waals surface area contributed by atoms with Crippen LogP contribution in [-0.4, -0.2) is 14.4 Å². The molecular weight excluding hydrogens is 230 g/mol. The van der Waals surface area contributed by atoms with Crippen LogP contribution in [0.2, 0.25) is 0 Å². The number of para-hydroxylation sites is 1. The summed E-state index contributed by atoms with van der Waals surface area (Å²) in [5.74, 6) is -0.730. The quantitative estimate of drug-likeness (QED) is 0.482. The monoisotopic (exact) mass is 241 g/mol. The molecule has 0 saturated carbocycles. The molecule has 0 fully saturated rings. The molecule has 2 N–H and O–H groups in total. The van der Waals surface area contributed by atoms with Gasteiger partial charge in [0.2, 0.25) is 10.0 Å². The summed E-state index contributed by atoms with van der Waals surface area (Å²) in [4.78, 5) is 10.9. The van der Waals surface area contributed by atoms with Gasteiger partial charge in [0.05, 0.1) is 0 Å². The summed E-state index contributed by atoms with van der Waals surface area (Å²) in [5, 5.41) is 4.97. The molecule has 0 aliphatic rings. The molecule has 0 atom stereocenters. The number of esters is 1. The fourth-order valence-corrected chi connectivity index (χ4v) is 1.71. The summed E-state index contributed by atoms with van der Waals surface area (Å²) in [6, 6.07) is 5.68. The highest BCUT2D eigenvalue weighted by atomic mass is 32.2. The SMILES string of the molecule is C/C=C/C(=O)Oc1ccccc1S(N)(=O)=O. The minimum absolute atomic E-state index is 0.0758. The van der Waals surface area contributed by atoms with Gasteiger partial charge in [-0.3, -0.25) is 0 Å². The van der Waals surface area contributed by atoms with E-state index in [9.17, 15) is 13.2 Å². The maximum atomic E-state index is 11.2. The van der Waals surface area contributed by atoms with E-state index in [1.807, 2.05) is 0 Å². The molecule has 0 aliphatic heterocycles. The predicted octanol–water partition coefficient (Wildman–Crippen LogP) is 0.816. The van der Waals surface area contributed by atoms with Crippen molar-refractivity contribution >= 4 is 16.0 Å². The highest BCUT2D eigenvalue weighted by Crippen LogP contribution is 2.21. The molecule has 86 valence electrons. The van der Waals surface area contributed by atoms with Crippen LogP contribution in [0.5, 0.6) is 5.75 Å². The Morgan fingerprint density at radius 1 is 1.38 bits per heavy atom. The van der Waals surface area contributed by atoms with Crippen molar-refractivity contribution in [3.05, 3.63) is 36.4 Å². The Bertz CT molecular complexity index is 519. The van der Waals surface area contributed by atoms with Crippen molar-refractivity contribution in [2.45, 2.75) is 11.8 Å². The fourth-order valence-electron chi connectivity index (χ4n) is 1.05. The van der Waals surface area contributed by atoms with Crippen molar-refractivity contribution < 1.29 is 17.9 Å². The Kier molecular flexibility index (Phi) is 3.81. The minimum atomic E-state index is -3.90. The molecule has 5 nitrogen and oxygen atoms in total. The number of sulfonamides is 1. The van der Waals surface area contributed by atoms with Crippen molar-refractivity contribution in [2.24, 2.45) is 5.14 Å². The molecular formula is C10H11NO4S. The van der Waals surface area contributed by atoms with Crippen molar-refractivity contribution in [1.82, 2.24) is 0 Å². The first kappa shape index (κ1) is 12.4. The summed E-state index contributed by atoms with van der Waals surface area (Å²) >= 11 is 0. The maximum Gasteiger partial charge on any atom is 0.335 e. The Hall–Kier alpha value is -1.66. The third-order valence-electron chi connectivity index (χ3n) is 1.67. The molecule has 1 rings (SSSR count). The maximum absolute atomic E-state index is 11.2. The minimum Gasteiger partial charge on any atom is -0.422 e. The lowest BCUT2D eigenvalue weighted by molar-refractivity contribution is -0.129. The van der Waals surface area contributed by atoms with Crippen LogP contribution in [0.4, 0.5) is 0 Å². The van der Waals surface area contributed by atoms with Crippen LogP contribution in [-0.2, 0) is 14.8 Å². The van der Waals surface area contributed by atoms with Gasteiger partial charge < -0.3 is 4.74 Å². The first-order chi connectivity index (χ1) is 7.45. The van der Waals surface area contributed by atoms with Gasteiger partial charge in [0.25, 0.3) is 0 Å². The number of primary sulfonamides is 1.